The van der Waals surface area contributed by atoms with Crippen LogP contribution in [0.2, 0.25) is 5.15 Å². The number of aliphatic hydroxyl groups is 1. The normalized spacial score (nSPS) is 10.8. The van der Waals surface area contributed by atoms with Crippen LogP contribution in [0.25, 0.3) is 11.1 Å². The van der Waals surface area contributed by atoms with E-state index in [9.17, 15) is 15.6 Å². The van der Waals surface area contributed by atoms with Gasteiger partial charge in [-0.25, -0.2) is 4.98 Å². The SMILES string of the molecule is CC.CC(O)COc1ccc(-c2c(C#N)c(Cl)nc(SCc3cccnc3)c2C#N)cc1. The Kier molecular flexibility index (Phi) is 9.97. The maximum Gasteiger partial charge on any atom is 0.148 e. The van der Waals surface area contributed by atoms with Crippen molar-refractivity contribution in [3.8, 4) is 29.0 Å². The van der Waals surface area contributed by atoms with Crippen LogP contribution in [0.4, 0.5) is 0 Å². The smallest absolute Gasteiger partial charge is 0.148 e. The van der Waals surface area contributed by atoms with Crippen molar-refractivity contribution < 1.29 is 9.84 Å². The molecule has 0 aliphatic rings. The lowest BCUT2D eigenvalue weighted by molar-refractivity contribution is 0.123. The summed E-state index contributed by atoms with van der Waals surface area (Å²) in [6.45, 7) is 5.80. The molecule has 0 amide bonds. The van der Waals surface area contributed by atoms with Gasteiger partial charge in [0.25, 0.3) is 0 Å². The van der Waals surface area contributed by atoms with Crippen molar-refractivity contribution in [3.05, 3.63) is 70.6 Å². The van der Waals surface area contributed by atoms with Gasteiger partial charge < -0.3 is 9.84 Å². The number of benzene rings is 1. The van der Waals surface area contributed by atoms with Crippen molar-refractivity contribution in [2.75, 3.05) is 6.61 Å². The Bertz CT molecular complexity index is 1110. The summed E-state index contributed by atoms with van der Waals surface area (Å²) in [5.41, 5.74) is 2.52. The summed E-state index contributed by atoms with van der Waals surface area (Å²) >= 11 is 7.65. The molecule has 1 aromatic carbocycles. The molecule has 0 fully saturated rings. The van der Waals surface area contributed by atoms with Crippen LogP contribution >= 0.6 is 23.4 Å². The summed E-state index contributed by atoms with van der Waals surface area (Å²) in [6.07, 6.45) is 2.86. The molecule has 3 aromatic rings. The Labute approximate surface area is 197 Å². The van der Waals surface area contributed by atoms with E-state index in [4.69, 9.17) is 16.3 Å². The predicted octanol–water partition coefficient (Wildman–Crippen LogP) is 5.62. The highest BCUT2D eigenvalue weighted by molar-refractivity contribution is 7.98. The molecule has 0 bridgehead atoms. The van der Waals surface area contributed by atoms with E-state index in [-0.39, 0.29) is 17.3 Å². The first-order chi connectivity index (χ1) is 15.5. The molecule has 1 atom stereocenters. The third-order valence-corrected chi connectivity index (χ3v) is 5.40. The Morgan fingerprint density at radius 3 is 2.38 bits per heavy atom. The zero-order valence-electron chi connectivity index (χ0n) is 18.0. The van der Waals surface area contributed by atoms with Crippen LogP contribution in [0, 0.1) is 22.7 Å². The number of pyridine rings is 2. The summed E-state index contributed by atoms with van der Waals surface area (Å²) in [7, 11) is 0. The molecular weight excluding hydrogens is 444 g/mol. The first kappa shape index (κ1) is 25.2. The van der Waals surface area contributed by atoms with Gasteiger partial charge in [-0.15, -0.1) is 11.8 Å². The Balaban J connectivity index is 0.00000176. The lowest BCUT2D eigenvalue weighted by Crippen LogP contribution is -2.12. The monoisotopic (exact) mass is 466 g/mol. The number of rotatable bonds is 7. The molecule has 0 saturated heterocycles. The van der Waals surface area contributed by atoms with Gasteiger partial charge in [-0.1, -0.05) is 43.6 Å². The van der Waals surface area contributed by atoms with Gasteiger partial charge in [-0.2, -0.15) is 10.5 Å². The second-order valence-corrected chi connectivity index (χ2v) is 7.71. The number of aromatic nitrogens is 2. The second kappa shape index (κ2) is 12.7. The molecule has 2 aromatic heterocycles. The van der Waals surface area contributed by atoms with Crippen LogP contribution in [0.3, 0.4) is 0 Å². The molecule has 1 N–H and O–H groups in total. The summed E-state index contributed by atoms with van der Waals surface area (Å²) in [5, 5.41) is 29.3. The van der Waals surface area contributed by atoms with Crippen LogP contribution in [0.15, 0.2) is 53.8 Å². The van der Waals surface area contributed by atoms with Gasteiger partial charge >= 0.3 is 0 Å². The zero-order valence-corrected chi connectivity index (χ0v) is 19.6. The van der Waals surface area contributed by atoms with E-state index in [0.717, 1.165) is 5.56 Å². The number of thioether (sulfide) groups is 1. The minimum absolute atomic E-state index is 0.0506. The maximum atomic E-state index is 9.85. The molecular formula is C24H23ClN4O2S. The number of hydrogen-bond acceptors (Lipinski definition) is 7. The highest BCUT2D eigenvalue weighted by Gasteiger charge is 2.21. The average molecular weight is 467 g/mol. The first-order valence-corrected chi connectivity index (χ1v) is 11.4. The second-order valence-electron chi connectivity index (χ2n) is 6.39. The summed E-state index contributed by atoms with van der Waals surface area (Å²) in [4.78, 5) is 8.38. The zero-order chi connectivity index (χ0) is 23.5. The van der Waals surface area contributed by atoms with E-state index in [1.807, 2.05) is 26.0 Å². The fraction of sp³-hybridized carbons (Fsp3) is 0.250. The van der Waals surface area contributed by atoms with E-state index in [1.54, 1.807) is 43.6 Å². The quantitative estimate of drug-likeness (QED) is 0.356. The first-order valence-electron chi connectivity index (χ1n) is 10.00. The molecule has 3 rings (SSSR count). The van der Waals surface area contributed by atoms with E-state index in [1.165, 1.54) is 11.8 Å². The van der Waals surface area contributed by atoms with Crippen molar-refractivity contribution in [2.24, 2.45) is 0 Å². The van der Waals surface area contributed by atoms with E-state index >= 15 is 0 Å². The number of nitriles is 2. The molecule has 164 valence electrons. The van der Waals surface area contributed by atoms with Crippen LogP contribution in [0.1, 0.15) is 37.5 Å². The average Bonchev–Trinajstić information content (AvgIpc) is 2.83. The van der Waals surface area contributed by atoms with Gasteiger partial charge in [0.05, 0.1) is 17.2 Å². The molecule has 0 aliphatic heterocycles. The van der Waals surface area contributed by atoms with Crippen LogP contribution < -0.4 is 4.74 Å². The topological polar surface area (TPSA) is 103 Å². The molecule has 1 unspecified atom stereocenters. The van der Waals surface area contributed by atoms with E-state index < -0.39 is 6.10 Å². The van der Waals surface area contributed by atoms with Gasteiger partial charge in [-0.3, -0.25) is 4.98 Å². The Morgan fingerprint density at radius 1 is 1.12 bits per heavy atom. The number of aliphatic hydroxyl groups excluding tert-OH is 1. The van der Waals surface area contributed by atoms with Crippen molar-refractivity contribution in [1.29, 1.82) is 10.5 Å². The van der Waals surface area contributed by atoms with E-state index in [2.05, 4.69) is 22.1 Å². The summed E-state index contributed by atoms with van der Waals surface area (Å²) in [5.74, 6) is 1.13. The van der Waals surface area contributed by atoms with Crippen molar-refractivity contribution >= 4 is 23.4 Å². The summed E-state index contributed by atoms with van der Waals surface area (Å²) < 4.78 is 5.48. The molecule has 0 aliphatic carbocycles. The molecule has 8 heteroatoms. The molecule has 32 heavy (non-hydrogen) atoms. The number of hydrogen-bond donors (Lipinski definition) is 1. The van der Waals surface area contributed by atoms with Gasteiger partial charge in [0, 0.05) is 23.7 Å². The lowest BCUT2D eigenvalue weighted by Gasteiger charge is -2.13. The highest BCUT2D eigenvalue weighted by Crippen LogP contribution is 2.37. The number of ether oxygens (including phenoxy) is 1. The lowest BCUT2D eigenvalue weighted by atomic mass is 9.97. The molecule has 0 spiro atoms. The molecule has 0 radical (unpaired) electrons. The van der Waals surface area contributed by atoms with Gasteiger partial charge in [-0.05, 0) is 36.2 Å². The third-order valence-electron chi connectivity index (χ3n) is 4.08. The van der Waals surface area contributed by atoms with Crippen LogP contribution in [-0.2, 0) is 5.75 Å². The van der Waals surface area contributed by atoms with Crippen LogP contribution in [0.5, 0.6) is 5.75 Å². The van der Waals surface area contributed by atoms with Gasteiger partial charge in [0.15, 0.2) is 0 Å². The molecule has 6 nitrogen and oxygen atoms in total. The fourth-order valence-electron chi connectivity index (χ4n) is 2.70. The fourth-order valence-corrected chi connectivity index (χ4v) is 3.90. The van der Waals surface area contributed by atoms with Crippen molar-refractivity contribution in [2.45, 2.75) is 37.7 Å². The predicted molar refractivity (Wildman–Crippen MR) is 126 cm³/mol. The van der Waals surface area contributed by atoms with Crippen molar-refractivity contribution in [3.63, 3.8) is 0 Å². The largest absolute Gasteiger partial charge is 0.491 e. The minimum Gasteiger partial charge on any atom is -0.491 e. The molecule has 2 heterocycles. The Morgan fingerprint density at radius 2 is 1.81 bits per heavy atom. The highest BCUT2D eigenvalue weighted by atomic mass is 35.5. The standard InChI is InChI=1S/C22H17ClN4O2S.C2H6/c1-14(28)12-29-17-6-4-16(5-7-17)20-18(9-24)21(23)27-22(19(20)10-25)30-13-15-3-2-8-26-11-15;1-2/h2-8,11,14,28H,12-13H2,1H3;1-2H3. The summed E-state index contributed by atoms with van der Waals surface area (Å²) in [6, 6.07) is 15.0. The van der Waals surface area contributed by atoms with E-state index in [0.29, 0.717) is 33.2 Å². The third kappa shape index (κ3) is 6.45. The number of halogens is 1. The minimum atomic E-state index is -0.585. The number of nitrogens with zero attached hydrogens (tertiary/aromatic N) is 4. The van der Waals surface area contributed by atoms with Gasteiger partial charge in [0.2, 0.25) is 0 Å². The molecule has 0 saturated carbocycles. The maximum absolute atomic E-state index is 9.85. The Hall–Kier alpha value is -3.10. The van der Waals surface area contributed by atoms with Gasteiger partial charge in [0.1, 0.15) is 34.7 Å². The van der Waals surface area contributed by atoms with Crippen LogP contribution in [-0.4, -0.2) is 27.8 Å². The van der Waals surface area contributed by atoms with Crippen molar-refractivity contribution in [1.82, 2.24) is 9.97 Å².